The van der Waals surface area contributed by atoms with Gasteiger partial charge in [0.2, 0.25) is 0 Å². The minimum Gasteiger partial charge on any atom is -0.448 e. The van der Waals surface area contributed by atoms with Gasteiger partial charge in [-0.15, -0.1) is 6.58 Å². The Morgan fingerprint density at radius 1 is 1.60 bits per heavy atom. The van der Waals surface area contributed by atoms with Crippen LogP contribution in [0.1, 0.15) is 38.5 Å². The molecule has 1 atom stereocenters. The van der Waals surface area contributed by atoms with Gasteiger partial charge in [0.05, 0.1) is 6.04 Å². The smallest absolute Gasteiger partial charge is 0.193 e. The zero-order valence-electron chi connectivity index (χ0n) is 9.35. The van der Waals surface area contributed by atoms with Gasteiger partial charge in [-0.3, -0.25) is 0 Å². The van der Waals surface area contributed by atoms with Crippen LogP contribution >= 0.6 is 11.6 Å². The van der Waals surface area contributed by atoms with Crippen molar-refractivity contribution in [2.45, 2.75) is 32.7 Å². The van der Waals surface area contributed by atoms with Gasteiger partial charge in [0, 0.05) is 0 Å². The molecule has 15 heavy (non-hydrogen) atoms. The summed E-state index contributed by atoms with van der Waals surface area (Å²) < 4.78 is 5.40. The maximum atomic E-state index is 5.76. The summed E-state index contributed by atoms with van der Waals surface area (Å²) >= 11 is 5.76. The van der Waals surface area contributed by atoms with Gasteiger partial charge in [-0.25, -0.2) is 0 Å². The van der Waals surface area contributed by atoms with Gasteiger partial charge >= 0.3 is 0 Å². The summed E-state index contributed by atoms with van der Waals surface area (Å²) in [5.74, 6) is 0.906. The van der Waals surface area contributed by atoms with E-state index in [1.165, 1.54) is 5.57 Å². The molecule has 0 bridgehead atoms. The molecule has 1 heterocycles. The van der Waals surface area contributed by atoms with Crippen molar-refractivity contribution >= 4 is 11.6 Å². The Kier molecular flexibility index (Phi) is 4.92. The molecule has 0 amide bonds. The largest absolute Gasteiger partial charge is 0.448 e. The average molecular weight is 228 g/mol. The van der Waals surface area contributed by atoms with Gasteiger partial charge in [0.15, 0.2) is 5.22 Å². The molecule has 3 heteroatoms. The molecule has 0 aliphatic carbocycles. The van der Waals surface area contributed by atoms with Crippen LogP contribution in [-0.4, -0.2) is 6.54 Å². The van der Waals surface area contributed by atoms with Gasteiger partial charge < -0.3 is 9.73 Å². The van der Waals surface area contributed by atoms with E-state index < -0.39 is 0 Å². The Labute approximate surface area is 96.3 Å². The summed E-state index contributed by atoms with van der Waals surface area (Å²) in [5.41, 5.74) is 1.19. The number of halogens is 1. The van der Waals surface area contributed by atoms with E-state index in [1.54, 1.807) is 6.07 Å². The van der Waals surface area contributed by atoms with Gasteiger partial charge in [-0.05, 0) is 50.0 Å². The van der Waals surface area contributed by atoms with Crippen LogP contribution in [0.3, 0.4) is 0 Å². The second kappa shape index (κ2) is 5.99. The lowest BCUT2D eigenvalue weighted by molar-refractivity contribution is 0.402. The number of nitrogens with one attached hydrogen (secondary N) is 1. The third-order valence-corrected chi connectivity index (χ3v) is 2.45. The Hall–Kier alpha value is -0.730. The molecule has 0 fully saturated rings. The average Bonchev–Trinajstić information content (AvgIpc) is 2.59. The highest BCUT2D eigenvalue weighted by Crippen LogP contribution is 2.24. The van der Waals surface area contributed by atoms with E-state index in [1.807, 2.05) is 13.0 Å². The molecular weight excluding hydrogens is 210 g/mol. The molecular formula is C12H18ClNO. The van der Waals surface area contributed by atoms with Crippen molar-refractivity contribution < 1.29 is 4.42 Å². The Bertz CT molecular complexity index is 319. The summed E-state index contributed by atoms with van der Waals surface area (Å²) in [4.78, 5) is 0. The van der Waals surface area contributed by atoms with E-state index in [0.717, 1.165) is 25.1 Å². The monoisotopic (exact) mass is 227 g/mol. The molecule has 0 aromatic carbocycles. The van der Waals surface area contributed by atoms with Crippen molar-refractivity contribution in [3.8, 4) is 0 Å². The minimum absolute atomic E-state index is 0.235. The van der Waals surface area contributed by atoms with Crippen LogP contribution in [0.15, 0.2) is 28.7 Å². The quantitative estimate of drug-likeness (QED) is 0.745. The maximum Gasteiger partial charge on any atom is 0.193 e. The second-order valence-corrected chi connectivity index (χ2v) is 4.12. The molecule has 84 valence electrons. The minimum atomic E-state index is 0.235. The summed E-state index contributed by atoms with van der Waals surface area (Å²) in [6.45, 7) is 8.94. The number of allylic oxidation sites excluding steroid dienone is 1. The lowest BCUT2D eigenvalue weighted by atomic mass is 10.1. The fraction of sp³-hybridized carbons (Fsp3) is 0.500. The van der Waals surface area contributed by atoms with E-state index in [-0.39, 0.29) is 6.04 Å². The number of furan rings is 1. The maximum absolute atomic E-state index is 5.76. The summed E-state index contributed by atoms with van der Waals surface area (Å²) in [7, 11) is 0. The molecule has 1 aromatic rings. The predicted molar refractivity (Wildman–Crippen MR) is 64.2 cm³/mol. The number of rotatable bonds is 6. The number of hydrogen-bond donors (Lipinski definition) is 1. The van der Waals surface area contributed by atoms with Gasteiger partial charge in [-0.2, -0.15) is 0 Å². The van der Waals surface area contributed by atoms with Crippen molar-refractivity contribution in [1.29, 1.82) is 0 Å². The van der Waals surface area contributed by atoms with E-state index in [2.05, 4.69) is 18.8 Å². The third-order valence-electron chi connectivity index (χ3n) is 2.25. The molecule has 1 unspecified atom stereocenters. The van der Waals surface area contributed by atoms with Crippen LogP contribution in [0.25, 0.3) is 0 Å². The molecule has 0 saturated carbocycles. The Morgan fingerprint density at radius 3 is 2.80 bits per heavy atom. The van der Waals surface area contributed by atoms with Crippen molar-refractivity contribution in [3.05, 3.63) is 35.3 Å². The fourth-order valence-electron chi connectivity index (χ4n) is 1.50. The van der Waals surface area contributed by atoms with Gasteiger partial charge in [0.1, 0.15) is 5.76 Å². The summed E-state index contributed by atoms with van der Waals surface area (Å²) in [6.07, 6.45) is 1.99. The van der Waals surface area contributed by atoms with Crippen LogP contribution in [0, 0.1) is 0 Å². The van der Waals surface area contributed by atoms with Crippen molar-refractivity contribution in [2.75, 3.05) is 6.54 Å². The molecule has 1 rings (SSSR count). The number of hydrogen-bond acceptors (Lipinski definition) is 2. The molecule has 0 aliphatic heterocycles. The standard InChI is InChI=1S/C12H18ClNO/c1-4-14-10(6-5-9(2)3)11-7-8-12(13)15-11/h7-8,10,14H,2,4-6H2,1,3H3. The summed E-state index contributed by atoms with van der Waals surface area (Å²) in [5, 5.41) is 3.82. The van der Waals surface area contributed by atoms with E-state index in [0.29, 0.717) is 5.22 Å². The SMILES string of the molecule is C=C(C)CCC(NCC)c1ccc(Cl)o1. The van der Waals surface area contributed by atoms with Crippen LogP contribution in [0.5, 0.6) is 0 Å². The molecule has 0 saturated heterocycles. The van der Waals surface area contributed by atoms with Gasteiger partial charge in [-0.1, -0.05) is 12.5 Å². The third kappa shape index (κ3) is 4.10. The second-order valence-electron chi connectivity index (χ2n) is 3.75. The first kappa shape index (κ1) is 12.3. The zero-order valence-corrected chi connectivity index (χ0v) is 10.1. The molecule has 0 spiro atoms. The highest BCUT2D eigenvalue weighted by Gasteiger charge is 2.13. The van der Waals surface area contributed by atoms with E-state index in [9.17, 15) is 0 Å². The Balaban J connectivity index is 2.60. The first-order valence-electron chi connectivity index (χ1n) is 5.26. The fourth-order valence-corrected chi connectivity index (χ4v) is 1.65. The molecule has 0 radical (unpaired) electrons. The predicted octanol–water partition coefficient (Wildman–Crippen LogP) is 3.94. The molecule has 1 aromatic heterocycles. The first-order valence-corrected chi connectivity index (χ1v) is 5.64. The van der Waals surface area contributed by atoms with Crippen LogP contribution < -0.4 is 5.32 Å². The summed E-state index contributed by atoms with van der Waals surface area (Å²) in [6, 6.07) is 3.94. The topological polar surface area (TPSA) is 25.2 Å². The van der Waals surface area contributed by atoms with Crippen molar-refractivity contribution in [3.63, 3.8) is 0 Å². The highest BCUT2D eigenvalue weighted by molar-refractivity contribution is 6.28. The lowest BCUT2D eigenvalue weighted by Gasteiger charge is -2.15. The van der Waals surface area contributed by atoms with Crippen LogP contribution in [0.4, 0.5) is 0 Å². The normalized spacial score (nSPS) is 12.7. The first-order chi connectivity index (χ1) is 7.13. The highest BCUT2D eigenvalue weighted by atomic mass is 35.5. The zero-order chi connectivity index (χ0) is 11.3. The molecule has 1 N–H and O–H groups in total. The van der Waals surface area contributed by atoms with Gasteiger partial charge in [0.25, 0.3) is 0 Å². The van der Waals surface area contributed by atoms with Crippen molar-refractivity contribution in [1.82, 2.24) is 5.32 Å². The van der Waals surface area contributed by atoms with Crippen LogP contribution in [0.2, 0.25) is 5.22 Å². The van der Waals surface area contributed by atoms with Crippen molar-refractivity contribution in [2.24, 2.45) is 0 Å². The Morgan fingerprint density at radius 2 is 2.33 bits per heavy atom. The molecule has 2 nitrogen and oxygen atoms in total. The van der Waals surface area contributed by atoms with E-state index >= 15 is 0 Å². The van der Waals surface area contributed by atoms with Crippen LogP contribution in [-0.2, 0) is 0 Å². The van der Waals surface area contributed by atoms with E-state index in [4.69, 9.17) is 16.0 Å². The lowest BCUT2D eigenvalue weighted by Crippen LogP contribution is -2.20. The molecule has 0 aliphatic rings.